The molecule has 4 heterocycles. The van der Waals surface area contributed by atoms with Gasteiger partial charge < -0.3 is 19.4 Å². The van der Waals surface area contributed by atoms with Crippen molar-refractivity contribution in [3.63, 3.8) is 0 Å². The summed E-state index contributed by atoms with van der Waals surface area (Å²) in [7, 11) is -1.89. The Balaban J connectivity index is 0.000000181. The second kappa shape index (κ2) is 17.8. The van der Waals surface area contributed by atoms with Crippen LogP contribution < -0.4 is 9.47 Å². The maximum atomic E-state index is 12.1. The molecular formula is C48H62N6O4S2. The first-order valence-electron chi connectivity index (χ1n) is 21.0. The molecule has 6 atom stereocenters. The van der Waals surface area contributed by atoms with Crippen molar-refractivity contribution in [1.82, 2.24) is 19.8 Å². The third kappa shape index (κ3) is 9.32. The lowest BCUT2D eigenvalue weighted by Crippen LogP contribution is -2.36. The van der Waals surface area contributed by atoms with Gasteiger partial charge in [-0.05, 0) is 135 Å². The Bertz CT molecular complexity index is 2480. The molecule has 0 radical (unpaired) electrons. The number of aromatic amines is 2. The minimum absolute atomic E-state index is 0.293. The van der Waals surface area contributed by atoms with Crippen LogP contribution in [0.25, 0.3) is 21.8 Å². The molecule has 2 aromatic heterocycles. The number of benzene rings is 4. The van der Waals surface area contributed by atoms with Crippen LogP contribution in [0.1, 0.15) is 85.0 Å². The van der Waals surface area contributed by atoms with E-state index < -0.39 is 19.5 Å². The minimum atomic E-state index is -2.69. The van der Waals surface area contributed by atoms with Crippen LogP contribution >= 0.6 is 0 Å². The van der Waals surface area contributed by atoms with Crippen LogP contribution in [0.15, 0.2) is 95.0 Å². The molecule has 2 saturated heterocycles. The number of ether oxygens (including phenoxy) is 2. The molecule has 0 unspecified atom stereocenters. The lowest BCUT2D eigenvalue weighted by molar-refractivity contribution is 0.110. The van der Waals surface area contributed by atoms with Crippen molar-refractivity contribution < 1.29 is 17.9 Å². The number of aromatic nitrogens is 2. The molecule has 0 bridgehead atoms. The largest absolute Gasteiger partial charge is 0.496 e. The molecule has 0 amide bonds. The van der Waals surface area contributed by atoms with Gasteiger partial charge in [-0.1, -0.05) is 38.1 Å². The van der Waals surface area contributed by atoms with Crippen LogP contribution in [0.5, 0.6) is 11.5 Å². The normalized spacial score (nSPS) is 22.1. The van der Waals surface area contributed by atoms with E-state index in [4.69, 9.17) is 19.0 Å². The smallest absolute Gasteiger partial charge is 0.124 e. The number of rotatable bonds is 10. The number of nitrogens with zero attached hydrogens (tertiary/aromatic N) is 2. The van der Waals surface area contributed by atoms with Gasteiger partial charge in [-0.2, -0.15) is 0 Å². The first-order valence-corrected chi connectivity index (χ1v) is 24.9. The fourth-order valence-corrected chi connectivity index (χ4v) is 10.6. The third-order valence-electron chi connectivity index (χ3n) is 12.8. The zero-order chi connectivity index (χ0) is 42.9. The number of H-pyrrole nitrogens is 2. The summed E-state index contributed by atoms with van der Waals surface area (Å²) in [5.41, 5.74) is 9.62. The Morgan fingerprint density at radius 1 is 0.633 bits per heavy atom. The molecule has 320 valence electrons. The summed E-state index contributed by atoms with van der Waals surface area (Å²) in [5.74, 6) is 3.19. The van der Waals surface area contributed by atoms with Crippen LogP contribution in [0.2, 0.25) is 0 Å². The highest BCUT2D eigenvalue weighted by molar-refractivity contribution is 7.92. The van der Waals surface area contributed by atoms with E-state index in [1.165, 1.54) is 80.5 Å². The number of fused-ring (bicyclic) bond motifs is 2. The second-order valence-corrected chi connectivity index (χ2v) is 21.7. The van der Waals surface area contributed by atoms with E-state index in [1.807, 2.05) is 36.7 Å². The molecule has 2 aliphatic heterocycles. The van der Waals surface area contributed by atoms with Gasteiger partial charge in [-0.25, -0.2) is 18.0 Å². The summed E-state index contributed by atoms with van der Waals surface area (Å²) < 4.78 is 51.3. The average molecular weight is 851 g/mol. The molecule has 0 aliphatic carbocycles. The van der Waals surface area contributed by atoms with E-state index in [2.05, 4.69) is 96.0 Å². The lowest BCUT2D eigenvalue weighted by atomic mass is 9.87. The number of nitrogens with one attached hydrogen (secondary N) is 4. The zero-order valence-electron chi connectivity index (χ0n) is 36.4. The number of aryl methyl sites for hydroxylation is 2. The Labute approximate surface area is 357 Å². The number of likely N-dealkylation sites (tertiary alicyclic amines) is 2. The Morgan fingerprint density at radius 2 is 1.00 bits per heavy atom. The number of piperidine rings is 2. The van der Waals surface area contributed by atoms with E-state index in [-0.39, 0.29) is 0 Å². The van der Waals surface area contributed by atoms with Crippen LogP contribution in [-0.4, -0.2) is 68.0 Å². The first kappa shape index (κ1) is 43.5. The van der Waals surface area contributed by atoms with Crippen molar-refractivity contribution in [2.24, 2.45) is 11.8 Å². The molecule has 10 nitrogen and oxygen atoms in total. The number of methoxy groups -OCH3 is 2. The molecule has 8 rings (SSSR count). The maximum Gasteiger partial charge on any atom is 0.124 e. The molecule has 6 aromatic rings. The molecule has 60 heavy (non-hydrogen) atoms. The van der Waals surface area contributed by atoms with E-state index in [0.29, 0.717) is 33.7 Å². The van der Waals surface area contributed by atoms with Gasteiger partial charge in [0, 0.05) is 92.8 Å². The van der Waals surface area contributed by atoms with Gasteiger partial charge in [0.2, 0.25) is 0 Å². The summed E-state index contributed by atoms with van der Waals surface area (Å²) in [5, 5.41) is 2.44. The summed E-state index contributed by atoms with van der Waals surface area (Å²) in [6.45, 7) is 12.5. The van der Waals surface area contributed by atoms with Crippen molar-refractivity contribution >= 4 is 41.3 Å². The Hall–Kier alpha value is -4.62. The Morgan fingerprint density at radius 3 is 1.33 bits per heavy atom. The SMILES string of the molecule is COc1cc(C)c2[nH]ccc2c1CN1CC[C@@H](C)C[C@H]1c1ccc([S@@](C)(=N)=O)cc1.COc1cc(C)c2[nH]ccc2c1CN1CC[C@@H](C)C[C@H]1c1ccc([S@](C)(=N)=O)cc1. The van der Waals surface area contributed by atoms with Crippen molar-refractivity contribution in [1.29, 1.82) is 9.56 Å². The van der Waals surface area contributed by atoms with E-state index >= 15 is 0 Å². The highest BCUT2D eigenvalue weighted by atomic mass is 32.2. The Kier molecular flexibility index (Phi) is 12.9. The average Bonchev–Trinajstić information content (AvgIpc) is 3.93. The highest BCUT2D eigenvalue weighted by Crippen LogP contribution is 2.41. The van der Waals surface area contributed by atoms with Gasteiger partial charge in [0.15, 0.2) is 0 Å². The summed E-state index contributed by atoms with van der Waals surface area (Å²) >= 11 is 0. The summed E-state index contributed by atoms with van der Waals surface area (Å²) in [6.07, 6.45) is 11.5. The molecule has 12 heteroatoms. The predicted octanol–water partition coefficient (Wildman–Crippen LogP) is 11.0. The standard InChI is InChI=1S/2C24H31N3O2S/c2*1-16-10-12-27(22(13-16)18-5-7-19(8-6-18)30(4,25)28)15-21-20-9-11-26-24(20)17(2)14-23(21)29-3/h2*5-9,11,14,16,22,25-26H,10,12-13,15H2,1-4H3/t16-,22+,30+;16-,22+,30-/m11/s1. The molecular weight excluding hydrogens is 789 g/mol. The zero-order valence-corrected chi connectivity index (χ0v) is 38.0. The maximum absolute atomic E-state index is 12.1. The van der Waals surface area contributed by atoms with Gasteiger partial charge in [0.25, 0.3) is 0 Å². The van der Waals surface area contributed by atoms with E-state index in [9.17, 15) is 8.42 Å². The van der Waals surface area contributed by atoms with Gasteiger partial charge in [0.1, 0.15) is 11.5 Å². The fourth-order valence-electron chi connectivity index (χ4n) is 9.32. The molecule has 2 aliphatic rings. The van der Waals surface area contributed by atoms with Crippen LogP contribution in [0.4, 0.5) is 0 Å². The third-order valence-corrected chi connectivity index (χ3v) is 15.1. The van der Waals surface area contributed by atoms with Crippen LogP contribution in [-0.2, 0) is 32.5 Å². The van der Waals surface area contributed by atoms with Crippen LogP contribution in [0.3, 0.4) is 0 Å². The molecule has 0 saturated carbocycles. The van der Waals surface area contributed by atoms with E-state index in [1.54, 1.807) is 14.2 Å². The van der Waals surface area contributed by atoms with Gasteiger partial charge in [0.05, 0.1) is 33.7 Å². The quantitative estimate of drug-likeness (QED) is 0.108. The van der Waals surface area contributed by atoms with Crippen LogP contribution in [0, 0.1) is 35.2 Å². The topological polar surface area (TPSA) is 138 Å². The molecule has 4 aromatic carbocycles. The van der Waals surface area contributed by atoms with Gasteiger partial charge in [-0.15, -0.1) is 0 Å². The van der Waals surface area contributed by atoms with E-state index in [0.717, 1.165) is 50.5 Å². The minimum Gasteiger partial charge on any atom is -0.496 e. The number of hydrogen-bond acceptors (Lipinski definition) is 8. The summed E-state index contributed by atoms with van der Waals surface area (Å²) in [6, 6.07) is 24.8. The molecule has 2 fully saturated rings. The predicted molar refractivity (Wildman–Crippen MR) is 245 cm³/mol. The van der Waals surface area contributed by atoms with Crippen molar-refractivity contribution in [2.75, 3.05) is 39.8 Å². The van der Waals surface area contributed by atoms with Crippen molar-refractivity contribution in [3.8, 4) is 11.5 Å². The van der Waals surface area contributed by atoms with Crippen molar-refractivity contribution in [2.45, 2.75) is 88.3 Å². The van der Waals surface area contributed by atoms with Crippen molar-refractivity contribution in [3.05, 3.63) is 119 Å². The first-order chi connectivity index (χ1) is 28.5. The van der Waals surface area contributed by atoms with Gasteiger partial charge in [-0.3, -0.25) is 9.80 Å². The molecule has 4 N–H and O–H groups in total. The second-order valence-electron chi connectivity index (χ2n) is 17.3. The highest BCUT2D eigenvalue weighted by Gasteiger charge is 2.31. The molecule has 0 spiro atoms. The lowest BCUT2D eigenvalue weighted by Gasteiger charge is -2.39. The summed E-state index contributed by atoms with van der Waals surface area (Å²) in [4.78, 5) is 13.0. The van der Waals surface area contributed by atoms with Gasteiger partial charge >= 0.3 is 0 Å². The number of hydrogen-bond donors (Lipinski definition) is 4. The monoisotopic (exact) mass is 850 g/mol. The fraction of sp³-hybridized carbons (Fsp3) is 0.417.